The fourth-order valence-electron chi connectivity index (χ4n) is 3.64. The molecule has 1 aromatic heterocycles. The van der Waals surface area contributed by atoms with Crippen LogP contribution >= 0.6 is 0 Å². The molecule has 21 heavy (non-hydrogen) atoms. The van der Waals surface area contributed by atoms with Gasteiger partial charge in [-0.3, -0.25) is 0 Å². The van der Waals surface area contributed by atoms with Crippen LogP contribution in [0.5, 0.6) is 0 Å². The lowest BCUT2D eigenvalue weighted by molar-refractivity contribution is 0.555. The minimum atomic E-state index is 0.354. The second kappa shape index (κ2) is 5.15. The normalized spacial score (nSPS) is 20.2. The molecule has 1 unspecified atom stereocenters. The SMILES string of the molecule is NCC1Cc2ccccc2CN1c1ccc2c(n1)CCC2. The summed E-state index contributed by atoms with van der Waals surface area (Å²) in [5, 5.41) is 0. The number of fused-ring (bicyclic) bond motifs is 2. The number of nitrogens with zero attached hydrogens (tertiary/aromatic N) is 2. The quantitative estimate of drug-likeness (QED) is 0.918. The number of aryl methyl sites for hydroxylation is 2. The third-order valence-electron chi connectivity index (χ3n) is 4.84. The lowest BCUT2D eigenvalue weighted by Crippen LogP contribution is -2.45. The number of hydrogen-bond acceptors (Lipinski definition) is 3. The zero-order chi connectivity index (χ0) is 14.2. The summed E-state index contributed by atoms with van der Waals surface area (Å²) < 4.78 is 0. The van der Waals surface area contributed by atoms with E-state index in [9.17, 15) is 0 Å². The average molecular weight is 279 g/mol. The second-order valence-corrected chi connectivity index (χ2v) is 6.12. The van der Waals surface area contributed by atoms with Crippen molar-refractivity contribution in [2.24, 2.45) is 5.73 Å². The summed E-state index contributed by atoms with van der Waals surface area (Å²) in [7, 11) is 0. The summed E-state index contributed by atoms with van der Waals surface area (Å²) in [6.07, 6.45) is 4.58. The molecule has 2 N–H and O–H groups in total. The first-order chi connectivity index (χ1) is 10.3. The van der Waals surface area contributed by atoms with Gasteiger partial charge in [0.15, 0.2) is 0 Å². The minimum absolute atomic E-state index is 0.354. The number of aromatic nitrogens is 1. The van der Waals surface area contributed by atoms with Crippen molar-refractivity contribution in [3.05, 3.63) is 58.8 Å². The van der Waals surface area contributed by atoms with Crippen LogP contribution in [0.15, 0.2) is 36.4 Å². The van der Waals surface area contributed by atoms with Crippen LogP contribution in [0.1, 0.15) is 28.8 Å². The van der Waals surface area contributed by atoms with Gasteiger partial charge in [-0.15, -0.1) is 0 Å². The van der Waals surface area contributed by atoms with E-state index in [1.54, 1.807) is 0 Å². The van der Waals surface area contributed by atoms with E-state index < -0.39 is 0 Å². The lowest BCUT2D eigenvalue weighted by atomic mass is 9.94. The first kappa shape index (κ1) is 12.8. The Kier molecular flexibility index (Phi) is 3.15. The van der Waals surface area contributed by atoms with Crippen molar-refractivity contribution < 1.29 is 0 Å². The molecular weight excluding hydrogens is 258 g/mol. The van der Waals surface area contributed by atoms with Crippen LogP contribution in [-0.2, 0) is 25.8 Å². The highest BCUT2D eigenvalue weighted by Crippen LogP contribution is 2.29. The van der Waals surface area contributed by atoms with Gasteiger partial charge in [0.05, 0.1) is 0 Å². The molecule has 108 valence electrons. The van der Waals surface area contributed by atoms with Crippen molar-refractivity contribution in [3.8, 4) is 0 Å². The molecule has 2 aliphatic rings. The predicted octanol–water partition coefficient (Wildman–Crippen LogP) is 2.46. The largest absolute Gasteiger partial charge is 0.348 e. The Morgan fingerprint density at radius 2 is 1.90 bits per heavy atom. The first-order valence-corrected chi connectivity index (χ1v) is 7.87. The molecule has 0 fully saturated rings. The number of pyridine rings is 1. The van der Waals surface area contributed by atoms with Gasteiger partial charge in [0.1, 0.15) is 5.82 Å². The topological polar surface area (TPSA) is 42.1 Å². The van der Waals surface area contributed by atoms with Crippen molar-refractivity contribution in [2.45, 2.75) is 38.3 Å². The number of benzene rings is 1. The lowest BCUT2D eigenvalue weighted by Gasteiger charge is -2.37. The zero-order valence-electron chi connectivity index (χ0n) is 12.3. The fourth-order valence-corrected chi connectivity index (χ4v) is 3.64. The van der Waals surface area contributed by atoms with E-state index in [0.717, 1.165) is 25.2 Å². The summed E-state index contributed by atoms with van der Waals surface area (Å²) in [5.74, 6) is 1.10. The molecule has 0 radical (unpaired) electrons. The molecule has 2 aromatic rings. The summed E-state index contributed by atoms with van der Waals surface area (Å²) in [6, 6.07) is 13.5. The van der Waals surface area contributed by atoms with Crippen LogP contribution in [0.4, 0.5) is 5.82 Å². The third kappa shape index (κ3) is 2.22. The number of anilines is 1. The summed E-state index contributed by atoms with van der Waals surface area (Å²) in [6.45, 7) is 1.59. The summed E-state index contributed by atoms with van der Waals surface area (Å²) in [4.78, 5) is 7.31. The highest BCUT2D eigenvalue weighted by Gasteiger charge is 2.26. The van der Waals surface area contributed by atoms with Crippen molar-refractivity contribution in [1.29, 1.82) is 0 Å². The summed E-state index contributed by atoms with van der Waals surface area (Å²) in [5.41, 5.74) is 11.6. The van der Waals surface area contributed by atoms with Crippen molar-refractivity contribution >= 4 is 5.82 Å². The zero-order valence-corrected chi connectivity index (χ0v) is 12.3. The molecule has 0 saturated heterocycles. The van der Waals surface area contributed by atoms with E-state index in [4.69, 9.17) is 10.7 Å². The van der Waals surface area contributed by atoms with Crippen LogP contribution in [-0.4, -0.2) is 17.6 Å². The van der Waals surface area contributed by atoms with Gasteiger partial charge < -0.3 is 10.6 Å². The second-order valence-electron chi connectivity index (χ2n) is 6.12. The van der Waals surface area contributed by atoms with E-state index in [1.807, 2.05) is 0 Å². The van der Waals surface area contributed by atoms with E-state index >= 15 is 0 Å². The van der Waals surface area contributed by atoms with Crippen LogP contribution in [0.2, 0.25) is 0 Å². The molecule has 0 saturated carbocycles. The van der Waals surface area contributed by atoms with Gasteiger partial charge in [-0.2, -0.15) is 0 Å². The Morgan fingerprint density at radius 3 is 2.76 bits per heavy atom. The van der Waals surface area contributed by atoms with Gasteiger partial charge >= 0.3 is 0 Å². The number of nitrogens with two attached hydrogens (primary N) is 1. The number of rotatable bonds is 2. The van der Waals surface area contributed by atoms with Gasteiger partial charge in [0, 0.05) is 24.8 Å². The van der Waals surface area contributed by atoms with Crippen molar-refractivity contribution in [2.75, 3.05) is 11.4 Å². The molecule has 1 aliphatic heterocycles. The van der Waals surface area contributed by atoms with E-state index in [-0.39, 0.29) is 0 Å². The van der Waals surface area contributed by atoms with Gasteiger partial charge in [0.2, 0.25) is 0 Å². The Hall–Kier alpha value is -1.87. The van der Waals surface area contributed by atoms with Crippen molar-refractivity contribution in [3.63, 3.8) is 0 Å². The molecule has 4 rings (SSSR count). The van der Waals surface area contributed by atoms with Gasteiger partial charge in [-0.1, -0.05) is 30.3 Å². The van der Waals surface area contributed by atoms with Gasteiger partial charge in [-0.25, -0.2) is 4.98 Å². The molecule has 1 aliphatic carbocycles. The van der Waals surface area contributed by atoms with Crippen LogP contribution in [0.25, 0.3) is 0 Å². The smallest absolute Gasteiger partial charge is 0.129 e. The van der Waals surface area contributed by atoms with Crippen LogP contribution in [0, 0.1) is 0 Å². The van der Waals surface area contributed by atoms with Crippen LogP contribution < -0.4 is 10.6 Å². The average Bonchev–Trinajstić information content (AvgIpc) is 3.01. The fraction of sp³-hybridized carbons (Fsp3) is 0.389. The monoisotopic (exact) mass is 279 g/mol. The predicted molar refractivity (Wildman–Crippen MR) is 85.4 cm³/mol. The van der Waals surface area contributed by atoms with Crippen LogP contribution in [0.3, 0.4) is 0 Å². The Balaban J connectivity index is 1.70. The molecule has 3 heteroatoms. The van der Waals surface area contributed by atoms with E-state index in [2.05, 4.69) is 41.3 Å². The Morgan fingerprint density at radius 1 is 1.05 bits per heavy atom. The molecule has 1 aromatic carbocycles. The molecule has 0 spiro atoms. The molecule has 0 bridgehead atoms. The molecule has 3 nitrogen and oxygen atoms in total. The van der Waals surface area contributed by atoms with Gasteiger partial charge in [-0.05, 0) is 48.4 Å². The highest BCUT2D eigenvalue weighted by atomic mass is 15.2. The Bertz CT molecular complexity index is 665. The van der Waals surface area contributed by atoms with E-state index in [0.29, 0.717) is 12.6 Å². The summed E-state index contributed by atoms with van der Waals surface area (Å²) >= 11 is 0. The van der Waals surface area contributed by atoms with E-state index in [1.165, 1.54) is 35.2 Å². The highest BCUT2D eigenvalue weighted by molar-refractivity contribution is 5.48. The third-order valence-corrected chi connectivity index (χ3v) is 4.84. The minimum Gasteiger partial charge on any atom is -0.348 e. The molecule has 2 heterocycles. The molecule has 0 amide bonds. The maximum absolute atomic E-state index is 6.03. The van der Waals surface area contributed by atoms with Gasteiger partial charge in [0.25, 0.3) is 0 Å². The molecular formula is C18H21N3. The maximum atomic E-state index is 6.03. The molecule has 1 atom stereocenters. The first-order valence-electron chi connectivity index (χ1n) is 7.87. The number of hydrogen-bond donors (Lipinski definition) is 1. The maximum Gasteiger partial charge on any atom is 0.129 e. The Labute approximate surface area is 125 Å². The van der Waals surface area contributed by atoms with Crippen molar-refractivity contribution in [1.82, 2.24) is 4.98 Å². The standard InChI is InChI=1S/C18H21N3/c19-11-16-10-14-4-1-2-5-15(14)12-21(16)18-9-8-13-6-3-7-17(13)20-18/h1-2,4-5,8-9,16H,3,6-7,10-12,19H2.